The second-order valence-electron chi connectivity index (χ2n) is 9.93. The fourth-order valence-electron chi connectivity index (χ4n) is 5.36. The number of esters is 1. The Bertz CT molecular complexity index is 1470. The van der Waals surface area contributed by atoms with Crippen molar-refractivity contribution in [3.63, 3.8) is 0 Å². The van der Waals surface area contributed by atoms with Gasteiger partial charge in [0.2, 0.25) is 0 Å². The monoisotopic (exact) mass is 505 g/mol. The van der Waals surface area contributed by atoms with Crippen LogP contribution in [0.5, 0.6) is 11.5 Å². The molecule has 2 aliphatic rings. The normalized spacial score (nSPS) is 15.4. The summed E-state index contributed by atoms with van der Waals surface area (Å²) in [6.45, 7) is 1.78. The van der Waals surface area contributed by atoms with Crippen LogP contribution in [0, 0.1) is 0 Å². The third kappa shape index (κ3) is 4.97. The maximum atomic E-state index is 11.7. The van der Waals surface area contributed by atoms with Crippen LogP contribution in [0.25, 0.3) is 17.3 Å². The van der Waals surface area contributed by atoms with Gasteiger partial charge >= 0.3 is 5.97 Å². The zero-order valence-corrected chi connectivity index (χ0v) is 21.6. The number of methoxy groups -OCH3 is 1. The molecule has 2 heterocycles. The molecule has 6 rings (SSSR count). The molecule has 0 saturated carbocycles. The minimum Gasteiger partial charge on any atom is -0.492 e. The van der Waals surface area contributed by atoms with Crippen LogP contribution < -0.4 is 9.47 Å². The lowest BCUT2D eigenvalue weighted by molar-refractivity contribution is -0.141. The van der Waals surface area contributed by atoms with Gasteiger partial charge < -0.3 is 18.8 Å². The first-order valence-corrected chi connectivity index (χ1v) is 13.2. The number of carbonyl (C=O) groups excluding carboxylic acids is 1. The Morgan fingerprint density at radius 2 is 1.82 bits per heavy atom. The Morgan fingerprint density at radius 3 is 2.63 bits per heavy atom. The molecule has 38 heavy (non-hydrogen) atoms. The molecular formula is C33H31NO4. The molecule has 1 aliphatic carbocycles. The fourth-order valence-corrected chi connectivity index (χ4v) is 5.36. The van der Waals surface area contributed by atoms with Gasteiger partial charge in [-0.25, -0.2) is 0 Å². The molecule has 1 aliphatic heterocycles. The summed E-state index contributed by atoms with van der Waals surface area (Å²) in [6.07, 6.45) is 7.06. The predicted octanol–water partition coefficient (Wildman–Crippen LogP) is 6.78. The fraction of sp³-hybridized carbons (Fsp3) is 0.242. The van der Waals surface area contributed by atoms with Crippen LogP contribution >= 0.6 is 0 Å². The molecule has 0 amide bonds. The van der Waals surface area contributed by atoms with Crippen molar-refractivity contribution < 1.29 is 19.0 Å². The molecule has 0 spiro atoms. The van der Waals surface area contributed by atoms with Crippen LogP contribution in [-0.2, 0) is 29.1 Å². The maximum Gasteiger partial charge on any atom is 0.306 e. The number of aryl methyl sites for hydroxylation is 1. The molecule has 4 aromatic rings. The van der Waals surface area contributed by atoms with E-state index in [-0.39, 0.29) is 11.9 Å². The van der Waals surface area contributed by atoms with Crippen LogP contribution in [0.15, 0.2) is 84.9 Å². The van der Waals surface area contributed by atoms with E-state index in [9.17, 15) is 4.79 Å². The van der Waals surface area contributed by atoms with E-state index in [2.05, 4.69) is 77.4 Å². The summed E-state index contributed by atoms with van der Waals surface area (Å²) in [7, 11) is 1.41. The van der Waals surface area contributed by atoms with E-state index in [1.165, 1.54) is 35.2 Å². The van der Waals surface area contributed by atoms with Gasteiger partial charge in [0.05, 0.1) is 20.1 Å². The first-order chi connectivity index (χ1) is 18.7. The molecule has 1 unspecified atom stereocenters. The third-order valence-electron chi connectivity index (χ3n) is 7.42. The number of nitrogens with zero attached hydrogens (tertiary/aromatic N) is 1. The lowest BCUT2D eigenvalue weighted by atomic mass is 9.98. The van der Waals surface area contributed by atoms with Gasteiger partial charge in [-0.2, -0.15) is 0 Å². The summed E-state index contributed by atoms with van der Waals surface area (Å²) in [5.41, 5.74) is 8.64. The summed E-state index contributed by atoms with van der Waals surface area (Å²) < 4.78 is 19.1. The number of hydrogen-bond donors (Lipinski definition) is 0. The topological polar surface area (TPSA) is 49.7 Å². The average Bonchev–Trinajstić information content (AvgIpc) is 3.54. The first kappa shape index (κ1) is 24.1. The van der Waals surface area contributed by atoms with Crippen LogP contribution in [-0.4, -0.2) is 24.3 Å². The number of rotatable bonds is 8. The summed E-state index contributed by atoms with van der Waals surface area (Å²) in [6, 6.07) is 27.5. The summed E-state index contributed by atoms with van der Waals surface area (Å²) >= 11 is 0. The molecule has 0 N–H and O–H groups in total. The predicted molar refractivity (Wildman–Crippen MR) is 148 cm³/mol. The van der Waals surface area contributed by atoms with Crippen molar-refractivity contribution in [1.29, 1.82) is 0 Å². The Labute approximate surface area is 223 Å². The highest BCUT2D eigenvalue weighted by molar-refractivity contribution is 5.71. The molecule has 0 saturated heterocycles. The Balaban J connectivity index is 1.13. The van der Waals surface area contributed by atoms with Crippen LogP contribution in [0.4, 0.5) is 0 Å². The minimum atomic E-state index is -0.223. The van der Waals surface area contributed by atoms with Crippen molar-refractivity contribution in [1.82, 2.24) is 4.57 Å². The summed E-state index contributed by atoms with van der Waals surface area (Å²) in [4.78, 5) is 11.7. The second-order valence-corrected chi connectivity index (χ2v) is 9.93. The van der Waals surface area contributed by atoms with Crippen molar-refractivity contribution in [2.45, 2.75) is 38.3 Å². The number of carbonyl (C=O) groups is 1. The zero-order chi connectivity index (χ0) is 25.9. The molecule has 0 radical (unpaired) electrons. The minimum absolute atomic E-state index is 0.0304. The van der Waals surface area contributed by atoms with E-state index >= 15 is 0 Å². The molecule has 3 aromatic carbocycles. The summed E-state index contributed by atoms with van der Waals surface area (Å²) in [5.74, 6) is 1.34. The van der Waals surface area contributed by atoms with E-state index in [1.54, 1.807) is 0 Å². The van der Waals surface area contributed by atoms with E-state index in [0.717, 1.165) is 42.0 Å². The van der Waals surface area contributed by atoms with E-state index in [0.29, 0.717) is 19.6 Å². The van der Waals surface area contributed by atoms with Crippen molar-refractivity contribution in [3.05, 3.63) is 113 Å². The average molecular weight is 506 g/mol. The highest BCUT2D eigenvalue weighted by Gasteiger charge is 2.27. The van der Waals surface area contributed by atoms with Gasteiger partial charge in [-0.05, 0) is 53.3 Å². The van der Waals surface area contributed by atoms with Gasteiger partial charge in [0.1, 0.15) is 18.1 Å². The Morgan fingerprint density at radius 1 is 1.00 bits per heavy atom. The molecular weight excluding hydrogens is 474 g/mol. The van der Waals surface area contributed by atoms with Gasteiger partial charge in [-0.15, -0.1) is 0 Å². The molecule has 192 valence electrons. The molecule has 5 heteroatoms. The number of allylic oxidation sites excluding steroid dienone is 1. The standard InChI is InChI=1S/C33H31NO4/c1-36-33(35)18-27-22-38-32-19-28(15-16-29(27)32)37-21-24-13-11-23(12-14-24)20-34-30-10-6-5-9-26(30)17-31(34)25-7-3-2-4-8-25/h2-4,6-8,10-17,19,27H,5,9,18,20-22H2,1H3. The molecule has 0 bridgehead atoms. The van der Waals surface area contributed by atoms with Crippen LogP contribution in [0.3, 0.4) is 0 Å². The van der Waals surface area contributed by atoms with E-state index < -0.39 is 0 Å². The zero-order valence-electron chi connectivity index (χ0n) is 21.6. The van der Waals surface area contributed by atoms with Gasteiger partial charge in [0.25, 0.3) is 0 Å². The van der Waals surface area contributed by atoms with Gasteiger partial charge in [0.15, 0.2) is 0 Å². The lowest BCUT2D eigenvalue weighted by Crippen LogP contribution is -2.09. The summed E-state index contributed by atoms with van der Waals surface area (Å²) in [5, 5.41) is 0. The molecule has 0 fully saturated rings. The van der Waals surface area contributed by atoms with Crippen molar-refractivity contribution in [2.24, 2.45) is 0 Å². The van der Waals surface area contributed by atoms with Crippen molar-refractivity contribution >= 4 is 12.0 Å². The highest BCUT2D eigenvalue weighted by atomic mass is 16.5. The molecule has 1 atom stereocenters. The highest BCUT2D eigenvalue weighted by Crippen LogP contribution is 2.38. The van der Waals surface area contributed by atoms with Gasteiger partial charge in [0, 0.05) is 35.5 Å². The number of fused-ring (bicyclic) bond motifs is 2. The number of benzene rings is 3. The Kier molecular flexibility index (Phi) is 6.74. The lowest BCUT2D eigenvalue weighted by Gasteiger charge is -2.15. The quantitative estimate of drug-likeness (QED) is 0.248. The van der Waals surface area contributed by atoms with Crippen molar-refractivity contribution in [2.75, 3.05) is 13.7 Å². The van der Waals surface area contributed by atoms with Crippen LogP contribution in [0.2, 0.25) is 0 Å². The Hall–Kier alpha value is -4.25. The number of hydrogen-bond acceptors (Lipinski definition) is 4. The third-order valence-corrected chi connectivity index (χ3v) is 7.42. The van der Waals surface area contributed by atoms with Gasteiger partial charge in [-0.3, -0.25) is 4.79 Å². The van der Waals surface area contributed by atoms with E-state index in [1.807, 2.05) is 18.2 Å². The van der Waals surface area contributed by atoms with Crippen molar-refractivity contribution in [3.8, 4) is 22.8 Å². The number of ether oxygens (including phenoxy) is 3. The maximum absolute atomic E-state index is 11.7. The SMILES string of the molecule is COC(=O)CC1COc2cc(OCc3ccc(Cn4c(-c5ccccc5)cc5c4C=CCC5)cc3)ccc21. The number of aromatic nitrogens is 1. The van der Waals surface area contributed by atoms with Crippen LogP contribution in [0.1, 0.15) is 46.7 Å². The van der Waals surface area contributed by atoms with E-state index in [4.69, 9.17) is 14.2 Å². The second kappa shape index (κ2) is 10.6. The largest absolute Gasteiger partial charge is 0.492 e. The van der Waals surface area contributed by atoms with Gasteiger partial charge in [-0.1, -0.05) is 66.7 Å². The molecule has 5 nitrogen and oxygen atoms in total. The first-order valence-electron chi connectivity index (χ1n) is 13.2. The molecule has 1 aromatic heterocycles. The smallest absolute Gasteiger partial charge is 0.306 e.